The van der Waals surface area contributed by atoms with Gasteiger partial charge in [0, 0.05) is 17.2 Å². The normalized spacial score (nSPS) is 18.2. The fourth-order valence-corrected chi connectivity index (χ4v) is 4.27. The van der Waals surface area contributed by atoms with Crippen molar-refractivity contribution in [3.05, 3.63) is 65.2 Å². The monoisotopic (exact) mass is 581 g/mol. The summed E-state index contributed by atoms with van der Waals surface area (Å²) in [7, 11) is 0. The Morgan fingerprint density at radius 3 is 1.98 bits per heavy atom. The van der Waals surface area contributed by atoms with Crippen molar-refractivity contribution in [2.24, 2.45) is 4.99 Å². The molecule has 2 atom stereocenters. The number of nitrogens with one attached hydrogen (secondary N) is 2. The molecule has 2 unspecified atom stereocenters. The average Bonchev–Trinajstić information content (AvgIpc) is 3.14. The first-order valence-corrected chi connectivity index (χ1v) is 13.0. The number of phenols is 1. The third-order valence-electron chi connectivity index (χ3n) is 5.87. The van der Waals surface area contributed by atoms with Gasteiger partial charge >= 0.3 is 18.2 Å². The molecule has 0 saturated heterocycles. The van der Waals surface area contributed by atoms with E-state index in [1.807, 2.05) is 0 Å². The molecule has 1 aliphatic rings. The van der Waals surface area contributed by atoms with Crippen LogP contribution in [-0.4, -0.2) is 51.8 Å². The van der Waals surface area contributed by atoms with Gasteiger partial charge in [-0.05, 0) is 84.4 Å². The van der Waals surface area contributed by atoms with Gasteiger partial charge in [0.05, 0.1) is 5.70 Å². The summed E-state index contributed by atoms with van der Waals surface area (Å²) in [4.78, 5) is 53.4. The van der Waals surface area contributed by atoms with Crippen molar-refractivity contribution >= 4 is 36.1 Å². The minimum absolute atomic E-state index is 0.0164. The molecular formula is C30H35N3O9. The lowest BCUT2D eigenvalue weighted by molar-refractivity contribution is -0.143. The summed E-state index contributed by atoms with van der Waals surface area (Å²) in [5.74, 6) is -2.41. The van der Waals surface area contributed by atoms with E-state index in [1.165, 1.54) is 18.2 Å². The Hall–Kier alpha value is -4.87. The summed E-state index contributed by atoms with van der Waals surface area (Å²) in [5, 5.41) is 24.6. The largest absolute Gasteiger partial charge is 0.508 e. The van der Waals surface area contributed by atoms with E-state index in [0.29, 0.717) is 28.7 Å². The van der Waals surface area contributed by atoms with Crippen molar-refractivity contribution in [1.82, 2.24) is 10.6 Å². The van der Waals surface area contributed by atoms with E-state index in [0.717, 1.165) is 6.08 Å². The molecule has 2 aromatic carbocycles. The SMILES string of the molecule is CC(C)(C)OC(=O)NC(=NC(=CC=O)c1ccc2c(c1)C(C(=O)O)C(C)(c1ccc(O)cc1)O2)NC(=O)OC(C)(C)C. The Morgan fingerprint density at radius 2 is 1.50 bits per heavy atom. The van der Waals surface area contributed by atoms with Gasteiger partial charge < -0.3 is 24.4 Å². The van der Waals surface area contributed by atoms with Crippen molar-refractivity contribution in [3.8, 4) is 11.5 Å². The number of rotatable bonds is 5. The van der Waals surface area contributed by atoms with Gasteiger partial charge in [-0.1, -0.05) is 12.1 Å². The van der Waals surface area contributed by atoms with Crippen LogP contribution in [0.2, 0.25) is 0 Å². The van der Waals surface area contributed by atoms with Crippen LogP contribution in [0.15, 0.2) is 53.5 Å². The number of carboxylic acid groups (broad SMARTS) is 1. The highest BCUT2D eigenvalue weighted by Crippen LogP contribution is 2.51. The molecule has 0 aliphatic carbocycles. The highest BCUT2D eigenvalue weighted by atomic mass is 16.6. The fourth-order valence-electron chi connectivity index (χ4n) is 4.27. The Kier molecular flexibility index (Phi) is 8.99. The fraction of sp³-hybridized carbons (Fsp3) is 0.367. The molecule has 0 saturated carbocycles. The third kappa shape index (κ3) is 7.87. The van der Waals surface area contributed by atoms with E-state index < -0.39 is 46.8 Å². The zero-order valence-corrected chi connectivity index (χ0v) is 24.5. The number of aliphatic carboxylic acids is 1. The van der Waals surface area contributed by atoms with Crippen LogP contribution in [0.5, 0.6) is 11.5 Å². The Bertz CT molecular complexity index is 1400. The van der Waals surface area contributed by atoms with E-state index >= 15 is 0 Å². The van der Waals surface area contributed by atoms with E-state index in [4.69, 9.17) is 14.2 Å². The summed E-state index contributed by atoms with van der Waals surface area (Å²) in [6, 6.07) is 10.6. The van der Waals surface area contributed by atoms with E-state index in [1.54, 1.807) is 72.7 Å². The van der Waals surface area contributed by atoms with Crippen molar-refractivity contribution in [2.45, 2.75) is 71.2 Å². The molecule has 12 nitrogen and oxygen atoms in total. The lowest BCUT2D eigenvalue weighted by Crippen LogP contribution is -2.47. The number of hydrogen-bond donors (Lipinski definition) is 4. The zero-order valence-electron chi connectivity index (χ0n) is 24.5. The van der Waals surface area contributed by atoms with E-state index in [-0.39, 0.29) is 11.4 Å². The lowest BCUT2D eigenvalue weighted by atomic mass is 9.80. The number of carbonyl (C=O) groups excluding carboxylic acids is 3. The van der Waals surface area contributed by atoms with Crippen LogP contribution in [0, 0.1) is 0 Å². The first kappa shape index (κ1) is 31.7. The van der Waals surface area contributed by atoms with Crippen molar-refractivity contribution in [3.63, 3.8) is 0 Å². The molecule has 3 rings (SSSR count). The van der Waals surface area contributed by atoms with Crippen molar-refractivity contribution < 1.29 is 43.6 Å². The maximum absolute atomic E-state index is 12.5. The van der Waals surface area contributed by atoms with Crippen LogP contribution in [0.3, 0.4) is 0 Å². The number of phenolic OH excluding ortho intramolecular Hbond substituents is 1. The van der Waals surface area contributed by atoms with E-state index in [9.17, 15) is 29.4 Å². The molecule has 1 heterocycles. The predicted molar refractivity (Wildman–Crippen MR) is 153 cm³/mol. The first-order chi connectivity index (χ1) is 19.4. The Labute approximate surface area is 243 Å². The number of carbonyl (C=O) groups is 4. The number of nitrogens with zero attached hydrogens (tertiary/aromatic N) is 1. The van der Waals surface area contributed by atoms with Crippen LogP contribution in [0.1, 0.15) is 71.1 Å². The molecule has 0 bridgehead atoms. The number of alkyl carbamates (subject to hydrolysis) is 2. The van der Waals surface area contributed by atoms with Crippen molar-refractivity contribution in [1.29, 1.82) is 0 Å². The van der Waals surface area contributed by atoms with Gasteiger partial charge in [0.25, 0.3) is 0 Å². The number of aromatic hydroxyl groups is 1. The number of benzene rings is 2. The second-order valence-corrected chi connectivity index (χ2v) is 11.7. The number of carboxylic acids is 1. The molecule has 42 heavy (non-hydrogen) atoms. The maximum Gasteiger partial charge on any atom is 0.414 e. The summed E-state index contributed by atoms with van der Waals surface area (Å²) < 4.78 is 16.7. The van der Waals surface area contributed by atoms with E-state index in [2.05, 4.69) is 15.6 Å². The topological polar surface area (TPSA) is 173 Å². The molecule has 0 fully saturated rings. The molecule has 2 amide bonds. The van der Waals surface area contributed by atoms with Gasteiger partial charge in [-0.15, -0.1) is 0 Å². The smallest absolute Gasteiger partial charge is 0.414 e. The van der Waals surface area contributed by atoms with Gasteiger partial charge in [-0.2, -0.15) is 0 Å². The summed E-state index contributed by atoms with van der Waals surface area (Å²) >= 11 is 0. The molecular weight excluding hydrogens is 546 g/mol. The molecule has 2 aromatic rings. The second kappa shape index (κ2) is 11.9. The Balaban J connectivity index is 2.05. The first-order valence-electron chi connectivity index (χ1n) is 13.0. The molecule has 1 aliphatic heterocycles. The van der Waals surface area contributed by atoms with Crippen LogP contribution >= 0.6 is 0 Å². The Morgan fingerprint density at radius 1 is 0.952 bits per heavy atom. The summed E-state index contributed by atoms with van der Waals surface area (Å²) in [6.45, 7) is 11.5. The average molecular weight is 582 g/mol. The van der Waals surface area contributed by atoms with Crippen LogP contribution < -0.4 is 15.4 Å². The molecule has 4 N–H and O–H groups in total. The second-order valence-electron chi connectivity index (χ2n) is 11.7. The quantitative estimate of drug-likeness (QED) is 0.167. The molecule has 0 spiro atoms. The van der Waals surface area contributed by atoms with Crippen LogP contribution in [0.25, 0.3) is 5.70 Å². The highest BCUT2D eigenvalue weighted by molar-refractivity contribution is 6.04. The van der Waals surface area contributed by atoms with Crippen LogP contribution in [-0.2, 0) is 24.7 Å². The van der Waals surface area contributed by atoms with Gasteiger partial charge in [0.15, 0.2) is 0 Å². The molecule has 0 radical (unpaired) electrons. The van der Waals surface area contributed by atoms with Gasteiger partial charge in [-0.25, -0.2) is 14.6 Å². The number of amides is 2. The maximum atomic E-state index is 12.5. The number of fused-ring (bicyclic) bond motifs is 1. The van der Waals surface area contributed by atoms with Crippen LogP contribution in [0.4, 0.5) is 9.59 Å². The highest BCUT2D eigenvalue weighted by Gasteiger charge is 2.50. The zero-order chi connectivity index (χ0) is 31.5. The predicted octanol–water partition coefficient (Wildman–Crippen LogP) is 4.81. The summed E-state index contributed by atoms with van der Waals surface area (Å²) in [5.41, 5.74) is -1.93. The number of allylic oxidation sites excluding steroid dienone is 1. The van der Waals surface area contributed by atoms with Gasteiger partial charge in [0.1, 0.15) is 40.5 Å². The summed E-state index contributed by atoms with van der Waals surface area (Å²) in [6.07, 6.45) is -0.322. The van der Waals surface area contributed by atoms with Gasteiger partial charge in [0.2, 0.25) is 5.96 Å². The minimum Gasteiger partial charge on any atom is -0.508 e. The minimum atomic E-state index is -1.32. The molecule has 0 aromatic heterocycles. The standard InChI is InChI=1S/C30H35N3O9/c1-28(2,3)41-26(38)32-25(33-27(39)42-29(4,5)6)31-21(14-15-34)17-8-13-22-20(16-17)23(24(36)37)30(7,40-22)18-9-11-19(35)12-10-18/h8-16,23,35H,1-7H3,(H,36,37)(H2,31,32,33,38,39). The number of ether oxygens (including phenoxy) is 3. The number of hydrogen-bond acceptors (Lipinski definition) is 9. The molecule has 224 valence electrons. The third-order valence-corrected chi connectivity index (χ3v) is 5.87. The number of aldehydes is 1. The number of guanidine groups is 1. The molecule has 12 heteroatoms. The van der Waals surface area contributed by atoms with Crippen molar-refractivity contribution in [2.75, 3.05) is 0 Å². The van der Waals surface area contributed by atoms with Gasteiger partial charge in [-0.3, -0.25) is 20.2 Å². The number of aliphatic imine (C=N–C) groups is 1. The lowest BCUT2D eigenvalue weighted by Gasteiger charge is -2.29.